The van der Waals surface area contributed by atoms with Crippen LogP contribution in [0.2, 0.25) is 37.8 Å². The fraction of sp³-hybridized carbons (Fsp3) is 0.788. The number of rotatable bonds is 18. The second-order valence-corrected chi connectivity index (χ2v) is 23.8. The third-order valence-corrected chi connectivity index (χ3v) is 13.9. The first kappa shape index (κ1) is 38.5. The van der Waals surface area contributed by atoms with Gasteiger partial charge in [0.25, 0.3) is 0 Å². The Kier molecular flexibility index (Phi) is 15.1. The SMILES string of the molecule is C=C(CCCCC(=O)OC)COC(=O)[C@H]1C(=O)C[C@@H](O[Si](C)(C)C(C)(C)C)[C@@H]1/C=C/C(C)(CCCCC)O[Si](C)(C)C. The number of ketones is 1. The molecule has 0 amide bonds. The van der Waals surface area contributed by atoms with Crippen molar-refractivity contribution in [1.29, 1.82) is 0 Å². The summed E-state index contributed by atoms with van der Waals surface area (Å²) in [5.41, 5.74) is 0.270. The van der Waals surface area contributed by atoms with Crippen LogP contribution in [-0.2, 0) is 32.7 Å². The van der Waals surface area contributed by atoms with Crippen molar-refractivity contribution in [2.45, 2.75) is 142 Å². The van der Waals surface area contributed by atoms with E-state index in [2.05, 4.69) is 84.7 Å². The summed E-state index contributed by atoms with van der Waals surface area (Å²) < 4.78 is 23.8. The molecule has 7 nitrogen and oxygen atoms in total. The number of methoxy groups -OCH3 is 1. The zero-order valence-electron chi connectivity index (χ0n) is 28.5. The summed E-state index contributed by atoms with van der Waals surface area (Å²) in [4.78, 5) is 38.2. The van der Waals surface area contributed by atoms with Crippen molar-refractivity contribution >= 4 is 34.4 Å². The molecule has 0 saturated heterocycles. The summed E-state index contributed by atoms with van der Waals surface area (Å²) in [7, 11) is -2.72. The van der Waals surface area contributed by atoms with E-state index in [0.29, 0.717) is 19.3 Å². The zero-order valence-corrected chi connectivity index (χ0v) is 30.5. The maximum absolute atomic E-state index is 13.5. The van der Waals surface area contributed by atoms with Crippen LogP contribution in [0, 0.1) is 11.8 Å². The van der Waals surface area contributed by atoms with Crippen molar-refractivity contribution in [3.63, 3.8) is 0 Å². The summed E-state index contributed by atoms with van der Waals surface area (Å²) in [5.74, 6) is -2.25. The number of hydrogen-bond donors (Lipinski definition) is 0. The molecule has 4 atom stereocenters. The van der Waals surface area contributed by atoms with Gasteiger partial charge >= 0.3 is 11.9 Å². The van der Waals surface area contributed by atoms with Gasteiger partial charge in [-0.15, -0.1) is 0 Å². The fourth-order valence-corrected chi connectivity index (χ4v) is 8.00. The average molecular weight is 625 g/mol. The van der Waals surface area contributed by atoms with Crippen molar-refractivity contribution < 1.29 is 32.7 Å². The van der Waals surface area contributed by atoms with Gasteiger partial charge in [-0.3, -0.25) is 14.4 Å². The monoisotopic (exact) mass is 624 g/mol. The molecule has 1 unspecified atom stereocenters. The van der Waals surface area contributed by atoms with Crippen LogP contribution in [0.4, 0.5) is 0 Å². The van der Waals surface area contributed by atoms with E-state index in [0.717, 1.165) is 37.7 Å². The quantitative estimate of drug-likeness (QED) is 0.0500. The lowest BCUT2D eigenvalue weighted by Gasteiger charge is -2.40. The molecule has 1 aliphatic carbocycles. The summed E-state index contributed by atoms with van der Waals surface area (Å²) in [6.45, 7) is 25.8. The van der Waals surface area contributed by atoms with Gasteiger partial charge in [-0.2, -0.15) is 0 Å². The molecule has 0 aromatic heterocycles. The van der Waals surface area contributed by atoms with Crippen molar-refractivity contribution in [1.82, 2.24) is 0 Å². The Hall–Kier alpha value is -1.56. The second-order valence-electron chi connectivity index (χ2n) is 14.6. The first-order valence-corrected chi connectivity index (χ1v) is 22.1. The standard InChI is InChI=1S/C33H60O7Si2/c1-13-14-17-21-33(6,40-41(8,9)10)22-20-26-28(39-42(11,12)32(3,4)5)23-27(34)30(26)31(36)38-24-25(2)18-15-16-19-29(35)37-7/h20,22,26,28,30H,2,13-19,21,23-24H2,1,3-12H3/b22-20+/t26-,28+,30+,33?/m0/s1. The molecule has 1 saturated carbocycles. The van der Waals surface area contributed by atoms with Crippen LogP contribution < -0.4 is 0 Å². The van der Waals surface area contributed by atoms with E-state index in [1.807, 2.05) is 6.08 Å². The van der Waals surface area contributed by atoms with Crippen LogP contribution in [0.15, 0.2) is 24.3 Å². The van der Waals surface area contributed by atoms with Gasteiger partial charge in [-0.25, -0.2) is 0 Å². The number of unbranched alkanes of at least 4 members (excludes halogenated alkanes) is 3. The van der Waals surface area contributed by atoms with E-state index in [9.17, 15) is 14.4 Å². The number of carbonyl (C=O) groups excluding carboxylic acids is 3. The highest BCUT2D eigenvalue weighted by atomic mass is 28.4. The lowest BCUT2D eigenvalue weighted by Crippen LogP contribution is -2.45. The lowest BCUT2D eigenvalue weighted by molar-refractivity contribution is -0.151. The van der Waals surface area contributed by atoms with Crippen molar-refractivity contribution in [2.75, 3.05) is 13.7 Å². The highest BCUT2D eigenvalue weighted by molar-refractivity contribution is 6.74. The fourth-order valence-electron chi connectivity index (χ4n) is 5.08. The Labute approximate surface area is 258 Å². The van der Waals surface area contributed by atoms with E-state index in [1.54, 1.807) is 0 Å². The predicted molar refractivity (Wildman–Crippen MR) is 175 cm³/mol. The maximum Gasteiger partial charge on any atom is 0.317 e. The Morgan fingerprint density at radius 3 is 2.17 bits per heavy atom. The molecule has 0 heterocycles. The largest absolute Gasteiger partial charge is 0.469 e. The van der Waals surface area contributed by atoms with E-state index in [1.165, 1.54) is 7.11 Å². The van der Waals surface area contributed by atoms with Crippen LogP contribution in [0.3, 0.4) is 0 Å². The Morgan fingerprint density at radius 1 is 1.00 bits per heavy atom. The molecular weight excluding hydrogens is 565 g/mol. The molecule has 1 fully saturated rings. The first-order chi connectivity index (χ1) is 19.2. The number of hydrogen-bond acceptors (Lipinski definition) is 7. The molecule has 0 aromatic rings. The van der Waals surface area contributed by atoms with Gasteiger partial charge in [0.1, 0.15) is 18.3 Å². The number of carbonyl (C=O) groups is 3. The van der Waals surface area contributed by atoms with Crippen LogP contribution >= 0.6 is 0 Å². The van der Waals surface area contributed by atoms with E-state index >= 15 is 0 Å². The van der Waals surface area contributed by atoms with Crippen molar-refractivity contribution in [2.24, 2.45) is 11.8 Å². The number of ether oxygens (including phenoxy) is 2. The van der Waals surface area contributed by atoms with Gasteiger partial charge in [0.15, 0.2) is 16.6 Å². The molecule has 42 heavy (non-hydrogen) atoms. The van der Waals surface area contributed by atoms with E-state index < -0.39 is 40.0 Å². The van der Waals surface area contributed by atoms with Crippen molar-refractivity contribution in [3.8, 4) is 0 Å². The Morgan fingerprint density at radius 2 is 1.62 bits per heavy atom. The highest BCUT2D eigenvalue weighted by Crippen LogP contribution is 2.43. The minimum atomic E-state index is -2.22. The Balaban J connectivity index is 3.19. The second kappa shape index (κ2) is 16.5. The maximum atomic E-state index is 13.5. The minimum absolute atomic E-state index is 0.0376. The normalized spacial score (nSPS) is 21.4. The van der Waals surface area contributed by atoms with Gasteiger partial charge in [-0.1, -0.05) is 65.7 Å². The van der Waals surface area contributed by atoms with Gasteiger partial charge < -0.3 is 18.3 Å². The molecule has 0 radical (unpaired) electrons. The molecule has 0 aliphatic heterocycles. The highest BCUT2D eigenvalue weighted by Gasteiger charge is 2.50. The van der Waals surface area contributed by atoms with Crippen LogP contribution in [0.1, 0.15) is 92.4 Å². The topological polar surface area (TPSA) is 88.1 Å². The average Bonchev–Trinajstić information content (AvgIpc) is 3.16. The third-order valence-electron chi connectivity index (χ3n) is 8.36. The number of Topliss-reactive ketones (excluding diaryl/α,β-unsaturated/α-hetero) is 1. The zero-order chi connectivity index (χ0) is 32.4. The molecule has 242 valence electrons. The predicted octanol–water partition coefficient (Wildman–Crippen LogP) is 8.16. The lowest BCUT2D eigenvalue weighted by atomic mass is 9.90. The van der Waals surface area contributed by atoms with Gasteiger partial charge in [-0.05, 0) is 76.0 Å². The van der Waals surface area contributed by atoms with Crippen LogP contribution in [0.5, 0.6) is 0 Å². The summed E-state index contributed by atoms with van der Waals surface area (Å²) in [6, 6.07) is 0. The molecule has 9 heteroatoms. The summed E-state index contributed by atoms with van der Waals surface area (Å²) in [5, 5.41) is -0.0376. The molecule has 0 aromatic carbocycles. The van der Waals surface area contributed by atoms with Gasteiger partial charge in [0.2, 0.25) is 0 Å². The van der Waals surface area contributed by atoms with Crippen LogP contribution in [-0.4, -0.2) is 59.8 Å². The molecule has 0 N–H and O–H groups in total. The van der Waals surface area contributed by atoms with Gasteiger partial charge in [0.05, 0.1) is 18.8 Å². The molecular formula is C33H60O7Si2. The van der Waals surface area contributed by atoms with E-state index in [4.69, 9.17) is 13.6 Å². The smallest absolute Gasteiger partial charge is 0.317 e. The Bertz CT molecular complexity index is 945. The first-order valence-electron chi connectivity index (χ1n) is 15.8. The van der Waals surface area contributed by atoms with E-state index in [-0.39, 0.29) is 35.9 Å². The molecule has 0 spiro atoms. The minimum Gasteiger partial charge on any atom is -0.469 e. The third kappa shape index (κ3) is 13.0. The molecule has 0 bridgehead atoms. The van der Waals surface area contributed by atoms with Crippen LogP contribution in [0.25, 0.3) is 0 Å². The van der Waals surface area contributed by atoms with Crippen molar-refractivity contribution in [3.05, 3.63) is 24.3 Å². The number of esters is 2. The molecule has 1 aliphatic rings. The molecule has 1 rings (SSSR count). The van der Waals surface area contributed by atoms with Gasteiger partial charge in [0, 0.05) is 18.8 Å². The summed E-state index contributed by atoms with van der Waals surface area (Å²) >= 11 is 0. The summed E-state index contributed by atoms with van der Waals surface area (Å²) in [6.07, 6.45) is 10.5.